The van der Waals surface area contributed by atoms with Crippen LogP contribution in [0.15, 0.2) is 69.7 Å². The first-order valence-corrected chi connectivity index (χ1v) is 18.3. The molecule has 0 aliphatic carbocycles. The molecule has 278 valence electrons. The van der Waals surface area contributed by atoms with Crippen molar-refractivity contribution in [1.82, 2.24) is 9.78 Å². The highest BCUT2D eigenvalue weighted by Gasteiger charge is 2.30. The van der Waals surface area contributed by atoms with Crippen molar-refractivity contribution in [3.05, 3.63) is 81.5 Å². The number of aliphatic carboxylic acids is 1. The van der Waals surface area contributed by atoms with Crippen LogP contribution in [0.4, 0.5) is 28.6 Å². The number of rotatable bonds is 13. The van der Waals surface area contributed by atoms with Crippen LogP contribution in [-0.4, -0.2) is 58.7 Å². The molecule has 2 amide bonds. The molecule has 0 spiro atoms. The molecule has 0 atom stereocenters. The molecule has 4 rings (SSSR count). The second-order valence-corrected chi connectivity index (χ2v) is 15.0. The number of nitriles is 1. The zero-order chi connectivity index (χ0) is 39.2. The molecule has 1 aromatic heterocycles. The standard InChI is InChI=1S/C35H36Cl2N8O7S/c1-6-44(14-8-11-30(47)48)23-12-13-28(29(18-23)39-20(2)46)41-42-33-25(19-38)32(35(3,4)5)43-45(33)31-26(36)16-22(17-27(31)37)40-34(49)21-9-7-10-24(15-21)53(50,51)52/h7,9-10,12-13,15-18H,6,8,11,14H2,1-5H3,(H,39,46)(H,40,49)(H,47,48)(H,50,51,52). The summed E-state index contributed by atoms with van der Waals surface area (Å²) in [6, 6.07) is 14.8. The van der Waals surface area contributed by atoms with E-state index < -0.39 is 32.3 Å². The quantitative estimate of drug-likeness (QED) is 0.0758. The van der Waals surface area contributed by atoms with Gasteiger partial charge in [-0.15, -0.1) is 10.2 Å². The van der Waals surface area contributed by atoms with Crippen molar-refractivity contribution in [3.8, 4) is 11.8 Å². The summed E-state index contributed by atoms with van der Waals surface area (Å²) in [5.74, 6) is -2.01. The van der Waals surface area contributed by atoms with Crippen LogP contribution in [0, 0.1) is 11.3 Å². The summed E-state index contributed by atoms with van der Waals surface area (Å²) in [7, 11) is -4.55. The van der Waals surface area contributed by atoms with Crippen LogP contribution in [0.25, 0.3) is 5.69 Å². The number of halogens is 2. The summed E-state index contributed by atoms with van der Waals surface area (Å²) in [4.78, 5) is 37.7. The maximum absolute atomic E-state index is 13.0. The molecule has 18 heteroatoms. The van der Waals surface area contributed by atoms with Gasteiger partial charge in [-0.05, 0) is 61.9 Å². The Labute approximate surface area is 316 Å². The van der Waals surface area contributed by atoms with Gasteiger partial charge in [0.2, 0.25) is 5.91 Å². The van der Waals surface area contributed by atoms with E-state index in [9.17, 15) is 32.6 Å². The number of azo groups is 1. The average molecular weight is 784 g/mol. The predicted octanol–water partition coefficient (Wildman–Crippen LogP) is 7.91. The number of carbonyl (C=O) groups excluding carboxylic acids is 2. The third-order valence-electron chi connectivity index (χ3n) is 7.67. The minimum absolute atomic E-state index is 0.00534. The molecule has 0 saturated heterocycles. The minimum atomic E-state index is -4.55. The topological polar surface area (TPSA) is 219 Å². The summed E-state index contributed by atoms with van der Waals surface area (Å²) in [6.07, 6.45) is 0.423. The van der Waals surface area contributed by atoms with E-state index in [0.29, 0.717) is 30.9 Å². The number of anilines is 3. The number of carbonyl (C=O) groups is 3. The number of aromatic nitrogens is 2. The first kappa shape index (κ1) is 40.4. The number of nitrogens with one attached hydrogen (secondary N) is 2. The highest BCUT2D eigenvalue weighted by Crippen LogP contribution is 2.40. The molecular formula is C35H36Cl2N8O7S. The first-order valence-electron chi connectivity index (χ1n) is 16.1. The third kappa shape index (κ3) is 9.96. The predicted molar refractivity (Wildman–Crippen MR) is 201 cm³/mol. The lowest BCUT2D eigenvalue weighted by Crippen LogP contribution is -2.24. The molecule has 0 bridgehead atoms. The Morgan fingerprint density at radius 2 is 1.72 bits per heavy atom. The molecule has 0 fully saturated rings. The highest BCUT2D eigenvalue weighted by atomic mass is 35.5. The van der Waals surface area contributed by atoms with Crippen molar-refractivity contribution in [2.75, 3.05) is 28.6 Å². The van der Waals surface area contributed by atoms with E-state index in [1.165, 1.54) is 35.9 Å². The van der Waals surface area contributed by atoms with Crippen molar-refractivity contribution < 1.29 is 32.5 Å². The minimum Gasteiger partial charge on any atom is -0.481 e. The van der Waals surface area contributed by atoms with E-state index in [1.807, 2.05) is 32.6 Å². The van der Waals surface area contributed by atoms with Gasteiger partial charge in [0.05, 0.1) is 26.3 Å². The highest BCUT2D eigenvalue weighted by molar-refractivity contribution is 7.85. The van der Waals surface area contributed by atoms with Crippen molar-refractivity contribution in [1.29, 1.82) is 5.26 Å². The Balaban J connectivity index is 1.78. The lowest BCUT2D eigenvalue weighted by Gasteiger charge is -2.24. The van der Waals surface area contributed by atoms with Gasteiger partial charge in [-0.25, -0.2) is 4.68 Å². The molecule has 0 radical (unpaired) electrons. The van der Waals surface area contributed by atoms with Crippen LogP contribution in [0.1, 0.15) is 69.1 Å². The number of hydrogen-bond acceptors (Lipinski definition) is 10. The zero-order valence-corrected chi connectivity index (χ0v) is 31.6. The van der Waals surface area contributed by atoms with Gasteiger partial charge in [-0.3, -0.25) is 18.9 Å². The normalized spacial score (nSPS) is 11.7. The molecule has 15 nitrogen and oxygen atoms in total. The summed E-state index contributed by atoms with van der Waals surface area (Å²) in [5, 5.41) is 38.2. The first-order chi connectivity index (χ1) is 24.8. The lowest BCUT2D eigenvalue weighted by molar-refractivity contribution is -0.137. The van der Waals surface area contributed by atoms with Gasteiger partial charge in [-0.2, -0.15) is 18.8 Å². The number of carboxylic acid groups (broad SMARTS) is 1. The van der Waals surface area contributed by atoms with Crippen molar-refractivity contribution in [3.63, 3.8) is 0 Å². The summed E-state index contributed by atoms with van der Waals surface area (Å²) in [5.41, 5.74) is 1.24. The van der Waals surface area contributed by atoms with Crippen LogP contribution in [0.3, 0.4) is 0 Å². The maximum Gasteiger partial charge on any atom is 0.303 e. The second kappa shape index (κ2) is 16.6. The molecule has 4 aromatic rings. The smallest absolute Gasteiger partial charge is 0.303 e. The SMILES string of the molecule is CCN(CCCC(=O)O)c1ccc(N=Nc2c(C#N)c(C(C)(C)C)nn2-c2c(Cl)cc(NC(=O)c3cccc(S(=O)(=O)O)c3)cc2Cl)c(NC(C)=O)c1. The van der Waals surface area contributed by atoms with Gasteiger partial charge < -0.3 is 20.6 Å². The van der Waals surface area contributed by atoms with E-state index >= 15 is 0 Å². The van der Waals surface area contributed by atoms with E-state index in [1.54, 1.807) is 18.2 Å². The Morgan fingerprint density at radius 3 is 2.28 bits per heavy atom. The molecule has 3 aromatic carbocycles. The van der Waals surface area contributed by atoms with E-state index in [2.05, 4.69) is 32.0 Å². The van der Waals surface area contributed by atoms with Crippen molar-refractivity contribution in [2.24, 2.45) is 10.2 Å². The molecule has 53 heavy (non-hydrogen) atoms. The maximum atomic E-state index is 13.0. The Bertz CT molecular complexity index is 2240. The lowest BCUT2D eigenvalue weighted by atomic mass is 9.90. The largest absolute Gasteiger partial charge is 0.481 e. The Kier molecular flexibility index (Phi) is 12.6. The number of nitrogens with zero attached hydrogens (tertiary/aromatic N) is 6. The van der Waals surface area contributed by atoms with Gasteiger partial charge in [0, 0.05) is 48.8 Å². The monoisotopic (exact) mass is 782 g/mol. The van der Waals surface area contributed by atoms with Crippen molar-refractivity contribution >= 4 is 79.7 Å². The Hall–Kier alpha value is -5.34. The fourth-order valence-corrected chi connectivity index (χ4v) is 6.39. The van der Waals surface area contributed by atoms with E-state index in [0.717, 1.165) is 17.8 Å². The van der Waals surface area contributed by atoms with E-state index in [4.69, 9.17) is 28.3 Å². The van der Waals surface area contributed by atoms with Gasteiger partial charge >= 0.3 is 5.97 Å². The molecule has 0 aliphatic rings. The van der Waals surface area contributed by atoms with Gasteiger partial charge in [-0.1, -0.05) is 50.0 Å². The van der Waals surface area contributed by atoms with Crippen LogP contribution in [-0.2, 0) is 25.1 Å². The number of hydrogen-bond donors (Lipinski definition) is 4. The van der Waals surface area contributed by atoms with Crippen LogP contribution in [0.2, 0.25) is 10.0 Å². The molecule has 4 N–H and O–H groups in total. The van der Waals surface area contributed by atoms with Crippen LogP contribution < -0.4 is 15.5 Å². The molecule has 0 aliphatic heterocycles. The third-order valence-corrected chi connectivity index (χ3v) is 9.10. The fourth-order valence-electron chi connectivity index (χ4n) is 5.22. The fraction of sp³-hybridized carbons (Fsp3) is 0.286. The van der Waals surface area contributed by atoms with Gasteiger partial charge in [0.15, 0.2) is 5.82 Å². The summed E-state index contributed by atoms with van der Waals surface area (Å²) < 4.78 is 33.8. The Morgan fingerprint density at radius 1 is 1.04 bits per heavy atom. The molecule has 1 heterocycles. The van der Waals surface area contributed by atoms with Gasteiger partial charge in [0.25, 0.3) is 16.0 Å². The number of carboxylic acids is 1. The van der Waals surface area contributed by atoms with Crippen LogP contribution >= 0.6 is 23.2 Å². The second-order valence-electron chi connectivity index (χ2n) is 12.7. The van der Waals surface area contributed by atoms with Crippen LogP contribution in [0.5, 0.6) is 0 Å². The number of benzene rings is 3. The summed E-state index contributed by atoms with van der Waals surface area (Å²) in [6.45, 7) is 9.85. The average Bonchev–Trinajstić information content (AvgIpc) is 3.43. The summed E-state index contributed by atoms with van der Waals surface area (Å²) >= 11 is 13.5. The van der Waals surface area contributed by atoms with E-state index in [-0.39, 0.29) is 56.4 Å². The number of amides is 2. The van der Waals surface area contributed by atoms with Crippen molar-refractivity contribution in [2.45, 2.75) is 57.8 Å². The molecular weight excluding hydrogens is 747 g/mol. The molecule has 0 unspecified atom stereocenters. The molecule has 0 saturated carbocycles. The zero-order valence-electron chi connectivity index (χ0n) is 29.3. The van der Waals surface area contributed by atoms with Gasteiger partial charge in [0.1, 0.15) is 23.0 Å².